The topological polar surface area (TPSA) is 8.81 Å². The average Bonchev–Trinajstić information content (AvgIpc) is 2.97. The predicted octanol–water partition coefficient (Wildman–Crippen LogP) is 8.17. The molecule has 1 aromatic heterocycles. The van der Waals surface area contributed by atoms with Gasteiger partial charge in [0, 0.05) is 25.0 Å². The number of nitrogens with zero attached hydrogens (tertiary/aromatic N) is 2. The summed E-state index contributed by atoms with van der Waals surface area (Å²) in [6, 6.07) is 16.2. The Morgan fingerprint density at radius 2 is 1.28 bits per heavy atom. The molecule has 0 N–H and O–H groups in total. The molecule has 0 fully saturated rings. The summed E-state index contributed by atoms with van der Waals surface area (Å²) in [4.78, 5) is 0. The van der Waals surface area contributed by atoms with Crippen molar-refractivity contribution in [1.29, 1.82) is 0 Å². The van der Waals surface area contributed by atoms with Crippen molar-refractivity contribution < 1.29 is 4.57 Å². The molecule has 0 atom stereocenters. The highest BCUT2D eigenvalue weighted by molar-refractivity contribution is 5.66. The minimum atomic E-state index is 0.0563. The molecule has 0 bridgehead atoms. The number of aromatic nitrogens is 2. The standard InChI is InChI=1S/C30H43N2/c1-19(2)24-16-14-17-25(20(3)4)28(24)32-23(8)22(7)31(21(5)6)29(32)26-15-12-13-18-27(26)30(9,10)11/h12-21H,1-11H3/q+1. The summed E-state index contributed by atoms with van der Waals surface area (Å²) < 4.78 is 5.12. The molecule has 0 amide bonds. The lowest BCUT2D eigenvalue weighted by atomic mass is 9.83. The van der Waals surface area contributed by atoms with Gasteiger partial charge in [-0.2, -0.15) is 4.57 Å². The maximum atomic E-state index is 2.57. The van der Waals surface area contributed by atoms with Crippen LogP contribution in [0.4, 0.5) is 0 Å². The second kappa shape index (κ2) is 8.89. The van der Waals surface area contributed by atoms with Gasteiger partial charge in [0.1, 0.15) is 17.1 Å². The third-order valence-electron chi connectivity index (χ3n) is 6.72. The van der Waals surface area contributed by atoms with Crippen LogP contribution >= 0.6 is 0 Å². The van der Waals surface area contributed by atoms with Crippen LogP contribution in [-0.2, 0) is 5.41 Å². The van der Waals surface area contributed by atoms with Crippen molar-refractivity contribution in [2.75, 3.05) is 0 Å². The second-order valence-electron chi connectivity index (χ2n) is 11.2. The van der Waals surface area contributed by atoms with Crippen LogP contribution in [0, 0.1) is 13.8 Å². The monoisotopic (exact) mass is 431 g/mol. The van der Waals surface area contributed by atoms with Gasteiger partial charge in [-0.1, -0.05) is 84.9 Å². The summed E-state index contributed by atoms with van der Waals surface area (Å²) in [5.41, 5.74) is 9.65. The Kier molecular flexibility index (Phi) is 6.75. The number of imidazole rings is 1. The second-order valence-corrected chi connectivity index (χ2v) is 11.2. The van der Waals surface area contributed by atoms with E-state index in [0.717, 1.165) is 0 Å². The van der Waals surface area contributed by atoms with Gasteiger partial charge in [-0.05, 0) is 42.7 Å². The molecule has 172 valence electrons. The molecule has 0 saturated carbocycles. The van der Waals surface area contributed by atoms with E-state index in [2.05, 4.69) is 128 Å². The smallest absolute Gasteiger partial charge is 0.225 e. The van der Waals surface area contributed by atoms with E-state index in [-0.39, 0.29) is 5.41 Å². The zero-order valence-electron chi connectivity index (χ0n) is 22.2. The molecule has 0 spiro atoms. The highest BCUT2D eigenvalue weighted by atomic mass is 15.2. The molecule has 3 rings (SSSR count). The molecular formula is C30H43N2+. The number of rotatable bonds is 5. The fraction of sp³-hybridized carbons (Fsp3) is 0.500. The van der Waals surface area contributed by atoms with Gasteiger partial charge in [-0.15, -0.1) is 0 Å². The summed E-state index contributed by atoms with van der Waals surface area (Å²) in [7, 11) is 0. The Labute approximate surface area is 196 Å². The Morgan fingerprint density at radius 1 is 0.750 bits per heavy atom. The first-order valence-electron chi connectivity index (χ1n) is 12.2. The van der Waals surface area contributed by atoms with E-state index < -0.39 is 0 Å². The lowest BCUT2D eigenvalue weighted by molar-refractivity contribution is -0.710. The Balaban J connectivity index is 2.58. The van der Waals surface area contributed by atoms with Gasteiger partial charge in [-0.25, -0.2) is 4.57 Å². The van der Waals surface area contributed by atoms with Crippen LogP contribution in [0.25, 0.3) is 17.1 Å². The van der Waals surface area contributed by atoms with Gasteiger partial charge >= 0.3 is 0 Å². The maximum absolute atomic E-state index is 2.57. The molecule has 0 aliphatic rings. The molecule has 3 aromatic rings. The minimum absolute atomic E-state index is 0.0563. The van der Waals surface area contributed by atoms with Crippen LogP contribution in [0.3, 0.4) is 0 Å². The fourth-order valence-corrected chi connectivity index (χ4v) is 5.02. The van der Waals surface area contributed by atoms with Crippen LogP contribution in [0.15, 0.2) is 42.5 Å². The van der Waals surface area contributed by atoms with Crippen molar-refractivity contribution >= 4 is 0 Å². The number of hydrogen-bond donors (Lipinski definition) is 0. The van der Waals surface area contributed by atoms with E-state index in [4.69, 9.17) is 0 Å². The number of para-hydroxylation sites is 1. The van der Waals surface area contributed by atoms with E-state index >= 15 is 0 Å². The summed E-state index contributed by atoms with van der Waals surface area (Å²) in [5.74, 6) is 2.20. The van der Waals surface area contributed by atoms with Gasteiger partial charge in [0.05, 0.1) is 11.6 Å². The lowest BCUT2D eigenvalue weighted by Gasteiger charge is -2.24. The molecule has 0 aliphatic carbocycles. The fourth-order valence-electron chi connectivity index (χ4n) is 5.02. The van der Waals surface area contributed by atoms with Crippen LogP contribution in [0.5, 0.6) is 0 Å². The quantitative estimate of drug-likeness (QED) is 0.360. The van der Waals surface area contributed by atoms with E-state index in [1.54, 1.807) is 0 Å². The molecule has 0 saturated heterocycles. The molecule has 2 aromatic carbocycles. The number of hydrogen-bond acceptors (Lipinski definition) is 0. The molecule has 0 radical (unpaired) electrons. The Bertz CT molecular complexity index is 1080. The highest BCUT2D eigenvalue weighted by Gasteiger charge is 2.35. The lowest BCUT2D eigenvalue weighted by Crippen LogP contribution is -2.40. The summed E-state index contributed by atoms with van der Waals surface area (Å²) in [5, 5.41) is 0. The van der Waals surface area contributed by atoms with Gasteiger partial charge < -0.3 is 0 Å². The molecule has 1 heterocycles. The van der Waals surface area contributed by atoms with Crippen LogP contribution in [-0.4, -0.2) is 4.57 Å². The third kappa shape index (κ3) is 4.17. The van der Waals surface area contributed by atoms with Gasteiger partial charge in [-0.3, -0.25) is 0 Å². The first-order chi connectivity index (χ1) is 14.9. The molecule has 2 heteroatoms. The first-order valence-corrected chi connectivity index (χ1v) is 12.2. The molecule has 2 nitrogen and oxygen atoms in total. The average molecular weight is 432 g/mol. The largest absolute Gasteiger partial charge is 0.295 e. The molecule has 32 heavy (non-hydrogen) atoms. The number of benzene rings is 2. The molecule has 0 unspecified atom stereocenters. The van der Waals surface area contributed by atoms with E-state index in [1.165, 1.54) is 45.2 Å². The van der Waals surface area contributed by atoms with Crippen LogP contribution in [0.1, 0.15) is 108 Å². The van der Waals surface area contributed by atoms with Gasteiger partial charge in [0.25, 0.3) is 5.82 Å². The van der Waals surface area contributed by atoms with Crippen molar-refractivity contribution in [1.82, 2.24) is 4.57 Å². The Hall–Kier alpha value is -2.35. The predicted molar refractivity (Wildman–Crippen MR) is 138 cm³/mol. The first kappa shape index (κ1) is 24.3. The van der Waals surface area contributed by atoms with Crippen molar-refractivity contribution in [3.05, 3.63) is 70.5 Å². The van der Waals surface area contributed by atoms with E-state index in [9.17, 15) is 0 Å². The SMILES string of the molecule is Cc1c(C)[n+](C(C)C)c(-c2ccccc2C(C)(C)C)n1-c1c(C(C)C)cccc1C(C)C. The van der Waals surface area contributed by atoms with Crippen molar-refractivity contribution in [2.24, 2.45) is 0 Å². The zero-order chi connectivity index (χ0) is 24.0. The van der Waals surface area contributed by atoms with Gasteiger partial charge in [0.15, 0.2) is 0 Å². The minimum Gasteiger partial charge on any atom is -0.225 e. The van der Waals surface area contributed by atoms with Crippen LogP contribution < -0.4 is 4.57 Å². The van der Waals surface area contributed by atoms with Crippen LogP contribution in [0.2, 0.25) is 0 Å². The van der Waals surface area contributed by atoms with E-state index in [1.807, 2.05) is 0 Å². The maximum Gasteiger partial charge on any atom is 0.295 e. The van der Waals surface area contributed by atoms with E-state index in [0.29, 0.717) is 17.9 Å². The highest BCUT2D eigenvalue weighted by Crippen LogP contribution is 2.38. The van der Waals surface area contributed by atoms with Crippen molar-refractivity contribution in [2.45, 2.75) is 99.5 Å². The Morgan fingerprint density at radius 3 is 1.75 bits per heavy atom. The molecular weight excluding hydrogens is 388 g/mol. The normalized spacial score (nSPS) is 12.4. The van der Waals surface area contributed by atoms with Crippen molar-refractivity contribution in [3.8, 4) is 17.1 Å². The zero-order valence-corrected chi connectivity index (χ0v) is 22.2. The molecule has 0 aliphatic heterocycles. The van der Waals surface area contributed by atoms with Crippen molar-refractivity contribution in [3.63, 3.8) is 0 Å². The van der Waals surface area contributed by atoms with Gasteiger partial charge in [0.2, 0.25) is 0 Å². The summed E-state index contributed by atoms with van der Waals surface area (Å²) in [6.45, 7) is 25.4. The third-order valence-corrected chi connectivity index (χ3v) is 6.72. The summed E-state index contributed by atoms with van der Waals surface area (Å²) >= 11 is 0. The summed E-state index contributed by atoms with van der Waals surface area (Å²) in [6.07, 6.45) is 0.